The smallest absolute Gasteiger partial charge is 0.320 e. The van der Waals surface area contributed by atoms with Crippen molar-refractivity contribution in [1.82, 2.24) is 9.80 Å². The lowest BCUT2D eigenvalue weighted by atomic mass is 10.1. The molecule has 1 saturated heterocycles. The molecule has 0 aromatic rings. The number of aliphatic carboxylic acids is 2. The number of piperidine rings is 1. The van der Waals surface area contributed by atoms with Gasteiger partial charge in [0, 0.05) is 19.6 Å². The van der Waals surface area contributed by atoms with Crippen LogP contribution in [-0.2, 0) is 9.59 Å². The van der Waals surface area contributed by atoms with Crippen LogP contribution in [0.15, 0.2) is 0 Å². The topological polar surface area (TPSA) is 81.1 Å². The first kappa shape index (κ1) is 16.9. The molecule has 0 saturated carbocycles. The number of hydrogen-bond acceptors (Lipinski definition) is 4. The minimum absolute atomic E-state index is 0.0101. The molecule has 1 unspecified atom stereocenters. The molecule has 0 aliphatic carbocycles. The molecule has 0 bridgehead atoms. The average molecular weight is 286 g/mol. The molecular formula is C14H26N2O4. The Hall–Kier alpha value is -1.14. The molecule has 1 rings (SSSR count). The third-order valence-electron chi connectivity index (χ3n) is 3.88. The number of carbonyl (C=O) groups is 2. The first-order chi connectivity index (χ1) is 9.54. The maximum absolute atomic E-state index is 11.3. The lowest BCUT2D eigenvalue weighted by Gasteiger charge is -2.32. The molecular weight excluding hydrogens is 260 g/mol. The lowest BCUT2D eigenvalue weighted by Crippen LogP contribution is -2.46. The van der Waals surface area contributed by atoms with Gasteiger partial charge < -0.3 is 15.1 Å². The molecule has 2 N–H and O–H groups in total. The van der Waals surface area contributed by atoms with Crippen molar-refractivity contribution >= 4 is 11.9 Å². The summed E-state index contributed by atoms with van der Waals surface area (Å²) >= 11 is 0. The summed E-state index contributed by atoms with van der Waals surface area (Å²) < 4.78 is 0. The number of nitrogens with zero attached hydrogens (tertiary/aromatic N) is 2. The standard InChI is InChI=1S/C14H26N2O4/c1-2-12(14(19)20)16(9-6-13(17)18)11-10-15-7-4-3-5-8-15/h12H,2-11H2,1H3,(H,17,18)(H,19,20). The minimum Gasteiger partial charge on any atom is -0.481 e. The lowest BCUT2D eigenvalue weighted by molar-refractivity contribution is -0.145. The second-order valence-electron chi connectivity index (χ2n) is 5.34. The van der Waals surface area contributed by atoms with Crippen molar-refractivity contribution in [3.05, 3.63) is 0 Å². The molecule has 0 spiro atoms. The van der Waals surface area contributed by atoms with Crippen LogP contribution in [0.2, 0.25) is 0 Å². The summed E-state index contributed by atoms with van der Waals surface area (Å²) in [5.41, 5.74) is 0. The van der Waals surface area contributed by atoms with E-state index in [2.05, 4.69) is 4.90 Å². The van der Waals surface area contributed by atoms with Crippen molar-refractivity contribution in [2.24, 2.45) is 0 Å². The molecule has 1 aliphatic heterocycles. The van der Waals surface area contributed by atoms with E-state index in [9.17, 15) is 14.7 Å². The Kier molecular flexibility index (Phi) is 7.54. The van der Waals surface area contributed by atoms with Crippen molar-refractivity contribution in [2.45, 2.75) is 45.1 Å². The van der Waals surface area contributed by atoms with Crippen molar-refractivity contribution in [2.75, 3.05) is 32.7 Å². The minimum atomic E-state index is -0.881. The predicted molar refractivity (Wildman–Crippen MR) is 75.8 cm³/mol. The van der Waals surface area contributed by atoms with E-state index >= 15 is 0 Å². The van der Waals surface area contributed by atoms with Gasteiger partial charge in [-0.2, -0.15) is 0 Å². The van der Waals surface area contributed by atoms with Gasteiger partial charge in [-0.25, -0.2) is 0 Å². The fourth-order valence-electron chi connectivity index (χ4n) is 2.70. The summed E-state index contributed by atoms with van der Waals surface area (Å²) in [4.78, 5) is 26.1. The summed E-state index contributed by atoms with van der Waals surface area (Å²) in [5, 5.41) is 18.0. The molecule has 1 atom stereocenters. The van der Waals surface area contributed by atoms with Crippen LogP contribution in [0, 0.1) is 0 Å². The van der Waals surface area contributed by atoms with Gasteiger partial charge in [0.15, 0.2) is 0 Å². The van der Waals surface area contributed by atoms with Gasteiger partial charge in [0.1, 0.15) is 6.04 Å². The Morgan fingerprint density at radius 2 is 1.80 bits per heavy atom. The van der Waals surface area contributed by atoms with Crippen LogP contribution in [0.5, 0.6) is 0 Å². The summed E-state index contributed by atoms with van der Waals surface area (Å²) in [5.74, 6) is -1.75. The van der Waals surface area contributed by atoms with Crippen LogP contribution in [0.25, 0.3) is 0 Å². The number of carboxylic acid groups (broad SMARTS) is 2. The highest BCUT2D eigenvalue weighted by Crippen LogP contribution is 2.10. The molecule has 1 fully saturated rings. The van der Waals surface area contributed by atoms with E-state index in [1.807, 2.05) is 6.92 Å². The molecule has 0 aromatic heterocycles. The number of carboxylic acids is 2. The van der Waals surface area contributed by atoms with Crippen molar-refractivity contribution < 1.29 is 19.8 Å². The normalized spacial score (nSPS) is 18.1. The predicted octanol–water partition coefficient (Wildman–Crippen LogP) is 1.11. The van der Waals surface area contributed by atoms with Crippen LogP contribution in [-0.4, -0.2) is 70.7 Å². The first-order valence-electron chi connectivity index (χ1n) is 7.45. The number of hydrogen-bond donors (Lipinski definition) is 2. The Balaban J connectivity index is 2.51. The fourth-order valence-corrected chi connectivity index (χ4v) is 2.70. The maximum Gasteiger partial charge on any atom is 0.320 e. The molecule has 20 heavy (non-hydrogen) atoms. The van der Waals surface area contributed by atoms with Crippen molar-refractivity contribution in [3.8, 4) is 0 Å². The third-order valence-corrected chi connectivity index (χ3v) is 3.88. The Labute approximate surface area is 120 Å². The second kappa shape index (κ2) is 8.92. The zero-order valence-electron chi connectivity index (χ0n) is 12.3. The molecule has 0 radical (unpaired) electrons. The zero-order chi connectivity index (χ0) is 15.0. The fraction of sp³-hybridized carbons (Fsp3) is 0.857. The monoisotopic (exact) mass is 286 g/mol. The van der Waals surface area contributed by atoms with E-state index in [4.69, 9.17) is 5.11 Å². The number of likely N-dealkylation sites (tertiary alicyclic amines) is 1. The summed E-state index contributed by atoms with van der Waals surface area (Å²) in [7, 11) is 0. The van der Waals surface area contributed by atoms with E-state index in [-0.39, 0.29) is 6.42 Å². The largest absolute Gasteiger partial charge is 0.481 e. The zero-order valence-corrected chi connectivity index (χ0v) is 12.3. The SMILES string of the molecule is CCC(C(=O)O)N(CCC(=O)O)CCN1CCCCC1. The van der Waals surface area contributed by atoms with E-state index in [1.165, 1.54) is 19.3 Å². The highest BCUT2D eigenvalue weighted by molar-refractivity contribution is 5.73. The van der Waals surface area contributed by atoms with Crippen molar-refractivity contribution in [3.63, 3.8) is 0 Å². The Morgan fingerprint density at radius 3 is 2.30 bits per heavy atom. The van der Waals surface area contributed by atoms with Crippen LogP contribution < -0.4 is 0 Å². The highest BCUT2D eigenvalue weighted by atomic mass is 16.4. The molecule has 6 nitrogen and oxygen atoms in total. The van der Waals surface area contributed by atoms with Crippen LogP contribution >= 0.6 is 0 Å². The van der Waals surface area contributed by atoms with E-state index in [0.717, 1.165) is 19.6 Å². The van der Waals surface area contributed by atoms with Gasteiger partial charge in [0.2, 0.25) is 0 Å². The first-order valence-corrected chi connectivity index (χ1v) is 7.45. The second-order valence-corrected chi connectivity index (χ2v) is 5.34. The van der Waals surface area contributed by atoms with E-state index in [0.29, 0.717) is 19.5 Å². The Bertz CT molecular complexity index is 316. The average Bonchev–Trinajstić information content (AvgIpc) is 2.42. The molecule has 116 valence electrons. The van der Waals surface area contributed by atoms with Crippen LogP contribution in [0.1, 0.15) is 39.0 Å². The van der Waals surface area contributed by atoms with E-state index in [1.54, 1.807) is 4.90 Å². The molecule has 6 heteroatoms. The Morgan fingerprint density at radius 1 is 1.15 bits per heavy atom. The van der Waals surface area contributed by atoms with Gasteiger partial charge in [-0.05, 0) is 32.4 Å². The van der Waals surface area contributed by atoms with Gasteiger partial charge in [-0.15, -0.1) is 0 Å². The molecule has 0 amide bonds. The van der Waals surface area contributed by atoms with Gasteiger partial charge >= 0.3 is 11.9 Å². The third kappa shape index (κ3) is 5.88. The summed E-state index contributed by atoms with van der Waals surface area (Å²) in [6.07, 6.45) is 4.15. The van der Waals surface area contributed by atoms with Gasteiger partial charge in [0.25, 0.3) is 0 Å². The van der Waals surface area contributed by atoms with Crippen molar-refractivity contribution in [1.29, 1.82) is 0 Å². The van der Waals surface area contributed by atoms with Crippen LogP contribution in [0.3, 0.4) is 0 Å². The molecule has 0 aromatic carbocycles. The van der Waals surface area contributed by atoms with Crippen LogP contribution in [0.4, 0.5) is 0 Å². The quantitative estimate of drug-likeness (QED) is 0.661. The van der Waals surface area contributed by atoms with Gasteiger partial charge in [-0.3, -0.25) is 14.5 Å². The summed E-state index contributed by atoms with van der Waals surface area (Å²) in [6, 6.07) is -0.584. The van der Waals surface area contributed by atoms with Gasteiger partial charge in [0.05, 0.1) is 6.42 Å². The molecule has 1 heterocycles. The van der Waals surface area contributed by atoms with E-state index < -0.39 is 18.0 Å². The number of rotatable bonds is 9. The summed E-state index contributed by atoms with van der Waals surface area (Å²) in [6.45, 7) is 5.70. The highest BCUT2D eigenvalue weighted by Gasteiger charge is 2.24. The molecule has 1 aliphatic rings. The maximum atomic E-state index is 11.3. The van der Waals surface area contributed by atoms with Gasteiger partial charge in [-0.1, -0.05) is 13.3 Å².